The molecular weight excluding hydrogens is 373 g/mol. The van der Waals surface area contributed by atoms with Crippen LogP contribution in [0.3, 0.4) is 0 Å². The van der Waals surface area contributed by atoms with Crippen molar-refractivity contribution in [1.29, 1.82) is 0 Å². The van der Waals surface area contributed by atoms with Crippen LogP contribution >= 0.6 is 23.2 Å². The molecule has 0 unspecified atom stereocenters. The minimum atomic E-state index is -1.66. The van der Waals surface area contributed by atoms with Crippen LogP contribution < -0.4 is 16.4 Å². The number of rotatable bonds is 4. The Kier molecular flexibility index (Phi) is 4.30. The molecule has 134 valence electrons. The van der Waals surface area contributed by atoms with Crippen LogP contribution in [0.25, 0.3) is 0 Å². The number of hydrogen-bond acceptors (Lipinski definition) is 4. The van der Waals surface area contributed by atoms with E-state index in [0.29, 0.717) is 10.7 Å². The normalized spacial score (nSPS) is 32.6. The van der Waals surface area contributed by atoms with Gasteiger partial charge in [0.1, 0.15) is 5.54 Å². The van der Waals surface area contributed by atoms with Gasteiger partial charge in [-0.2, -0.15) is 0 Å². The fourth-order valence-corrected chi connectivity index (χ4v) is 4.04. The SMILES string of the molecule is N[C@@]1(C(=O)O)C[C@H](NC(=O)Nc2ccc(Cl)c(Cl)c2)[C@H]2[C@H](C(=O)O)[C@H]21. The van der Waals surface area contributed by atoms with Gasteiger partial charge in [0.05, 0.1) is 16.0 Å². The second kappa shape index (κ2) is 6.05. The van der Waals surface area contributed by atoms with Gasteiger partial charge < -0.3 is 26.6 Å². The minimum Gasteiger partial charge on any atom is -0.481 e. The summed E-state index contributed by atoms with van der Waals surface area (Å²) in [5.74, 6) is -4.44. The van der Waals surface area contributed by atoms with E-state index in [1.165, 1.54) is 12.1 Å². The summed E-state index contributed by atoms with van der Waals surface area (Å²) in [6.07, 6.45) is -0.0315. The molecule has 0 saturated heterocycles. The van der Waals surface area contributed by atoms with Crippen LogP contribution in [0.2, 0.25) is 10.0 Å². The van der Waals surface area contributed by atoms with Crippen LogP contribution in [0.4, 0.5) is 10.5 Å². The molecule has 6 N–H and O–H groups in total. The van der Waals surface area contributed by atoms with Crippen LogP contribution in [0.1, 0.15) is 6.42 Å². The fourth-order valence-electron chi connectivity index (χ4n) is 3.74. The van der Waals surface area contributed by atoms with E-state index in [0.717, 1.165) is 0 Å². The van der Waals surface area contributed by atoms with Crippen LogP contribution in [-0.2, 0) is 9.59 Å². The first-order valence-electron chi connectivity index (χ1n) is 7.43. The number of aliphatic carboxylic acids is 2. The molecule has 0 aromatic heterocycles. The lowest BCUT2D eigenvalue weighted by Gasteiger charge is -2.25. The number of anilines is 1. The highest BCUT2D eigenvalue weighted by Gasteiger charge is 2.74. The predicted molar refractivity (Wildman–Crippen MR) is 89.7 cm³/mol. The van der Waals surface area contributed by atoms with Gasteiger partial charge >= 0.3 is 18.0 Å². The van der Waals surface area contributed by atoms with E-state index in [1.807, 2.05) is 0 Å². The van der Waals surface area contributed by atoms with E-state index in [-0.39, 0.29) is 11.4 Å². The molecule has 0 bridgehead atoms. The third-order valence-corrected chi connectivity index (χ3v) is 5.61. The average molecular weight is 388 g/mol. The summed E-state index contributed by atoms with van der Waals surface area (Å²) in [4.78, 5) is 34.9. The second-order valence-electron chi connectivity index (χ2n) is 6.35. The largest absolute Gasteiger partial charge is 0.481 e. The summed E-state index contributed by atoms with van der Waals surface area (Å²) < 4.78 is 0. The Labute approximate surface area is 152 Å². The van der Waals surface area contributed by atoms with E-state index >= 15 is 0 Å². The third-order valence-electron chi connectivity index (χ3n) is 4.87. The van der Waals surface area contributed by atoms with Crippen LogP contribution in [-0.4, -0.2) is 39.8 Å². The Bertz CT molecular complexity index is 774. The molecule has 3 rings (SSSR count). The van der Waals surface area contributed by atoms with Crippen molar-refractivity contribution < 1.29 is 24.6 Å². The quantitative estimate of drug-likeness (QED) is 0.531. The number of fused-ring (bicyclic) bond motifs is 1. The smallest absolute Gasteiger partial charge is 0.324 e. The Balaban J connectivity index is 1.70. The van der Waals surface area contributed by atoms with Gasteiger partial charge in [-0.3, -0.25) is 9.59 Å². The van der Waals surface area contributed by atoms with E-state index in [4.69, 9.17) is 28.9 Å². The number of hydrogen-bond donors (Lipinski definition) is 5. The van der Waals surface area contributed by atoms with E-state index in [1.54, 1.807) is 6.07 Å². The Morgan fingerprint density at radius 1 is 1.20 bits per heavy atom. The molecule has 0 heterocycles. The van der Waals surface area contributed by atoms with Crippen molar-refractivity contribution in [3.63, 3.8) is 0 Å². The minimum absolute atomic E-state index is 0.0315. The summed E-state index contributed by atoms with van der Waals surface area (Å²) in [5, 5.41) is 24.3. The number of carboxylic acids is 2. The lowest BCUT2D eigenvalue weighted by atomic mass is 9.90. The van der Waals surface area contributed by atoms with Gasteiger partial charge in [0.2, 0.25) is 0 Å². The van der Waals surface area contributed by atoms with Gasteiger partial charge in [-0.1, -0.05) is 23.2 Å². The maximum Gasteiger partial charge on any atom is 0.324 e. The molecule has 0 aliphatic heterocycles. The lowest BCUT2D eigenvalue weighted by Crippen LogP contribution is -2.52. The van der Waals surface area contributed by atoms with Gasteiger partial charge in [-0.15, -0.1) is 0 Å². The Morgan fingerprint density at radius 2 is 1.88 bits per heavy atom. The van der Waals surface area contributed by atoms with Crippen molar-refractivity contribution in [2.24, 2.45) is 23.5 Å². The number of carboxylic acid groups (broad SMARTS) is 2. The van der Waals surface area contributed by atoms with Crippen molar-refractivity contribution in [3.05, 3.63) is 28.2 Å². The maximum atomic E-state index is 12.2. The first-order valence-corrected chi connectivity index (χ1v) is 8.18. The third kappa shape index (κ3) is 3.01. The predicted octanol–water partition coefficient (Wildman–Crippen LogP) is 1.62. The molecular formula is C15H15Cl2N3O5. The van der Waals surface area contributed by atoms with Crippen LogP contribution in [0.15, 0.2) is 18.2 Å². The molecule has 2 amide bonds. The maximum absolute atomic E-state index is 12.2. The molecule has 8 nitrogen and oxygen atoms in total. The standard InChI is InChI=1S/C15H15Cl2N3O5/c16-6-2-1-5(3-7(6)17)19-14(25)20-8-4-15(18,13(23)24)11-9(8)10(11)12(21)22/h1-3,8-11H,4,18H2,(H,21,22)(H,23,24)(H2,19,20,25)/t8-,9-,10-,11-,15-/m0/s1. The highest BCUT2D eigenvalue weighted by Crippen LogP contribution is 2.61. The van der Waals surface area contributed by atoms with Gasteiger partial charge in [0.15, 0.2) is 0 Å². The number of urea groups is 1. The molecule has 1 aromatic carbocycles. The van der Waals surface area contributed by atoms with E-state index < -0.39 is 47.3 Å². The first kappa shape index (κ1) is 17.8. The number of halogens is 2. The molecule has 2 fully saturated rings. The zero-order valence-electron chi connectivity index (χ0n) is 12.7. The summed E-state index contributed by atoms with van der Waals surface area (Å²) >= 11 is 11.7. The molecule has 5 atom stereocenters. The van der Waals surface area contributed by atoms with Gasteiger partial charge in [0, 0.05) is 17.6 Å². The van der Waals surface area contributed by atoms with Crippen molar-refractivity contribution in [2.75, 3.05) is 5.32 Å². The van der Waals surface area contributed by atoms with Crippen LogP contribution in [0, 0.1) is 17.8 Å². The summed E-state index contributed by atoms with van der Waals surface area (Å²) in [6.45, 7) is 0. The van der Waals surface area contributed by atoms with Gasteiger partial charge in [0.25, 0.3) is 0 Å². The molecule has 1 aromatic rings. The number of nitrogens with two attached hydrogens (primary N) is 1. The molecule has 0 spiro atoms. The van der Waals surface area contributed by atoms with E-state index in [2.05, 4.69) is 10.6 Å². The van der Waals surface area contributed by atoms with Gasteiger partial charge in [-0.25, -0.2) is 4.79 Å². The van der Waals surface area contributed by atoms with Crippen molar-refractivity contribution >= 4 is 46.9 Å². The lowest BCUT2D eigenvalue weighted by molar-refractivity contribution is -0.145. The van der Waals surface area contributed by atoms with Crippen molar-refractivity contribution in [3.8, 4) is 0 Å². The fraction of sp³-hybridized carbons (Fsp3) is 0.400. The van der Waals surface area contributed by atoms with Crippen molar-refractivity contribution in [2.45, 2.75) is 18.0 Å². The van der Waals surface area contributed by atoms with E-state index in [9.17, 15) is 24.6 Å². The number of nitrogens with one attached hydrogen (secondary N) is 2. The van der Waals surface area contributed by atoms with Gasteiger partial charge in [-0.05, 0) is 30.5 Å². The monoisotopic (exact) mass is 387 g/mol. The highest BCUT2D eigenvalue weighted by atomic mass is 35.5. The average Bonchev–Trinajstić information content (AvgIpc) is 3.20. The molecule has 2 saturated carbocycles. The van der Waals surface area contributed by atoms with Crippen molar-refractivity contribution in [1.82, 2.24) is 5.32 Å². The molecule has 2 aliphatic rings. The zero-order valence-corrected chi connectivity index (χ0v) is 14.2. The second-order valence-corrected chi connectivity index (χ2v) is 7.17. The number of benzene rings is 1. The Morgan fingerprint density at radius 3 is 2.44 bits per heavy atom. The molecule has 25 heavy (non-hydrogen) atoms. The zero-order chi connectivity index (χ0) is 18.5. The highest BCUT2D eigenvalue weighted by molar-refractivity contribution is 6.42. The summed E-state index contributed by atoms with van der Waals surface area (Å²) in [7, 11) is 0. The first-order chi connectivity index (χ1) is 11.6. The summed E-state index contributed by atoms with van der Waals surface area (Å²) in [6, 6.07) is 3.28. The number of carbonyl (C=O) groups is 3. The van der Waals surface area contributed by atoms with Crippen LogP contribution in [0.5, 0.6) is 0 Å². The summed E-state index contributed by atoms with van der Waals surface area (Å²) in [5.41, 5.74) is 4.64. The number of carbonyl (C=O) groups excluding carboxylic acids is 1. The molecule has 10 heteroatoms. The number of amides is 2. The molecule has 2 aliphatic carbocycles. The molecule has 0 radical (unpaired) electrons. The topological polar surface area (TPSA) is 142 Å². The Hall–Kier alpha value is -2.03.